The Morgan fingerprint density at radius 1 is 1.50 bits per heavy atom. The molecule has 0 aliphatic heterocycles. The van der Waals surface area contributed by atoms with Crippen LogP contribution in [0.1, 0.15) is 6.92 Å². The van der Waals surface area contributed by atoms with E-state index in [-0.39, 0.29) is 5.88 Å². The van der Waals surface area contributed by atoms with Gasteiger partial charge in [-0.2, -0.15) is 0 Å². The Balaban J connectivity index is 2.51. The first-order valence-corrected chi connectivity index (χ1v) is 4.26. The highest BCUT2D eigenvalue weighted by Crippen LogP contribution is 1.88. The summed E-state index contributed by atoms with van der Waals surface area (Å²) in [6.45, 7) is 3.75. The zero-order chi connectivity index (χ0) is 10.4. The van der Waals surface area contributed by atoms with E-state index in [1.807, 2.05) is 11.9 Å². The van der Waals surface area contributed by atoms with Gasteiger partial charge in [-0.1, -0.05) is 6.92 Å². The third-order valence-corrected chi connectivity index (χ3v) is 1.45. The molecule has 1 aromatic rings. The summed E-state index contributed by atoms with van der Waals surface area (Å²) >= 11 is 0. The van der Waals surface area contributed by atoms with E-state index in [9.17, 15) is 9.59 Å². The number of H-pyrrole nitrogens is 2. The number of rotatable bonds is 5. The zero-order valence-corrected chi connectivity index (χ0v) is 7.79. The third kappa shape index (κ3) is 3.02. The molecular weight excluding hydrogens is 188 g/mol. The molecule has 0 saturated carbocycles. The molecule has 3 N–H and O–H groups in total. The number of hydrogen-bond acceptors (Lipinski definition) is 5. The number of hydrogen-bond donors (Lipinski definition) is 3. The minimum Gasteiger partial charge on any atom is -0.471 e. The lowest BCUT2D eigenvalue weighted by Crippen LogP contribution is -2.27. The van der Waals surface area contributed by atoms with Gasteiger partial charge in [-0.15, -0.1) is 5.10 Å². The molecule has 0 spiro atoms. The molecule has 0 radical (unpaired) electrons. The summed E-state index contributed by atoms with van der Waals surface area (Å²) < 4.78 is 5.01. The first-order valence-electron chi connectivity index (χ1n) is 4.26. The molecule has 7 heteroatoms. The van der Waals surface area contributed by atoms with Gasteiger partial charge in [-0.3, -0.25) is 9.78 Å². The second-order valence-corrected chi connectivity index (χ2v) is 2.51. The van der Waals surface area contributed by atoms with Crippen LogP contribution < -0.4 is 21.3 Å². The summed E-state index contributed by atoms with van der Waals surface area (Å²) in [6.07, 6.45) is 0. The lowest BCUT2D eigenvalue weighted by atomic mass is 10.6. The van der Waals surface area contributed by atoms with Crippen molar-refractivity contribution in [2.45, 2.75) is 6.92 Å². The van der Waals surface area contributed by atoms with Crippen molar-refractivity contribution in [2.75, 3.05) is 19.7 Å². The van der Waals surface area contributed by atoms with E-state index in [1.54, 1.807) is 0 Å². The molecule has 1 rings (SSSR count). The maximum Gasteiger partial charge on any atom is 0.342 e. The lowest BCUT2D eigenvalue weighted by molar-refractivity contribution is 0.294. The van der Waals surface area contributed by atoms with Crippen LogP contribution in [0.25, 0.3) is 0 Å². The first-order chi connectivity index (χ1) is 6.74. The Labute approximate surface area is 79.5 Å². The van der Waals surface area contributed by atoms with Gasteiger partial charge in [-0.25, -0.2) is 9.89 Å². The van der Waals surface area contributed by atoms with E-state index in [2.05, 4.69) is 15.5 Å². The molecule has 14 heavy (non-hydrogen) atoms. The van der Waals surface area contributed by atoms with Gasteiger partial charge in [0.05, 0.1) is 0 Å². The highest BCUT2D eigenvalue weighted by molar-refractivity contribution is 4.98. The highest BCUT2D eigenvalue weighted by Gasteiger charge is 2.01. The molecule has 0 amide bonds. The van der Waals surface area contributed by atoms with Crippen LogP contribution in [0.2, 0.25) is 0 Å². The first kappa shape index (κ1) is 10.5. The summed E-state index contributed by atoms with van der Waals surface area (Å²) in [6, 6.07) is 0. The average molecular weight is 200 g/mol. The average Bonchev–Trinajstić information content (AvgIpc) is 2.15. The molecule has 0 unspecified atom stereocenters. The van der Waals surface area contributed by atoms with Crippen molar-refractivity contribution >= 4 is 0 Å². The number of ether oxygens (including phenoxy) is 1. The van der Waals surface area contributed by atoms with Crippen LogP contribution >= 0.6 is 0 Å². The van der Waals surface area contributed by atoms with Gasteiger partial charge in [-0.05, 0) is 6.54 Å². The number of likely N-dealkylation sites (N-methyl/N-ethyl adjacent to an activating group) is 1. The minimum absolute atomic E-state index is 0.123. The van der Waals surface area contributed by atoms with Crippen LogP contribution in [0.15, 0.2) is 9.59 Å². The molecule has 78 valence electrons. The Morgan fingerprint density at radius 3 is 2.93 bits per heavy atom. The molecule has 0 aromatic carbocycles. The normalized spacial score (nSPS) is 10.1. The second-order valence-electron chi connectivity index (χ2n) is 2.51. The maximum absolute atomic E-state index is 11.0. The predicted octanol–water partition coefficient (Wildman–Crippen LogP) is -1.55. The fourth-order valence-electron chi connectivity index (χ4n) is 0.831. The quantitative estimate of drug-likeness (QED) is 0.499. The summed E-state index contributed by atoms with van der Waals surface area (Å²) in [5.74, 6) is -0.123. The standard InChI is InChI=1S/C7H12N4O3/c1-2-8-3-4-14-6-5(12)9-7(13)11-10-6/h8H,2-4H2,1H3,(H2,9,11,12,13). The van der Waals surface area contributed by atoms with Crippen LogP contribution in [-0.4, -0.2) is 34.9 Å². The topological polar surface area (TPSA) is 99.9 Å². The fourth-order valence-corrected chi connectivity index (χ4v) is 0.831. The molecule has 1 heterocycles. The van der Waals surface area contributed by atoms with Crippen LogP contribution in [0.3, 0.4) is 0 Å². The van der Waals surface area contributed by atoms with Crippen molar-refractivity contribution in [3.63, 3.8) is 0 Å². The number of aromatic nitrogens is 3. The Kier molecular flexibility index (Phi) is 3.86. The van der Waals surface area contributed by atoms with Gasteiger partial charge in [0, 0.05) is 6.54 Å². The predicted molar refractivity (Wildman–Crippen MR) is 49.5 cm³/mol. The molecule has 0 aliphatic carbocycles. The third-order valence-electron chi connectivity index (χ3n) is 1.45. The molecule has 0 saturated heterocycles. The Hall–Kier alpha value is -1.63. The van der Waals surface area contributed by atoms with Gasteiger partial charge in [0.25, 0.3) is 5.88 Å². The number of nitrogens with zero attached hydrogens (tertiary/aromatic N) is 1. The van der Waals surface area contributed by atoms with E-state index in [0.717, 1.165) is 6.54 Å². The van der Waals surface area contributed by atoms with Crippen LogP contribution in [0, 0.1) is 0 Å². The second kappa shape index (κ2) is 5.18. The molecule has 0 fully saturated rings. The van der Waals surface area contributed by atoms with Crippen LogP contribution in [0.4, 0.5) is 0 Å². The lowest BCUT2D eigenvalue weighted by Gasteiger charge is -2.02. The fraction of sp³-hybridized carbons (Fsp3) is 0.571. The van der Waals surface area contributed by atoms with Crippen LogP contribution in [0.5, 0.6) is 5.88 Å². The molecular formula is C7H12N4O3. The van der Waals surface area contributed by atoms with Crippen molar-refractivity contribution in [2.24, 2.45) is 0 Å². The summed E-state index contributed by atoms with van der Waals surface area (Å²) in [7, 11) is 0. The van der Waals surface area contributed by atoms with Crippen molar-refractivity contribution in [1.82, 2.24) is 20.5 Å². The van der Waals surface area contributed by atoms with E-state index in [0.29, 0.717) is 13.2 Å². The Morgan fingerprint density at radius 2 is 2.29 bits per heavy atom. The van der Waals surface area contributed by atoms with E-state index >= 15 is 0 Å². The minimum atomic E-state index is -0.644. The van der Waals surface area contributed by atoms with Crippen molar-refractivity contribution in [3.05, 3.63) is 20.8 Å². The van der Waals surface area contributed by atoms with Crippen molar-refractivity contribution < 1.29 is 4.74 Å². The van der Waals surface area contributed by atoms with Crippen molar-refractivity contribution in [3.8, 4) is 5.88 Å². The molecule has 0 atom stereocenters. The summed E-state index contributed by atoms with van der Waals surface area (Å²) in [4.78, 5) is 23.6. The largest absolute Gasteiger partial charge is 0.471 e. The molecule has 1 aromatic heterocycles. The van der Waals surface area contributed by atoms with E-state index in [4.69, 9.17) is 4.74 Å². The van der Waals surface area contributed by atoms with Gasteiger partial charge >= 0.3 is 11.2 Å². The zero-order valence-electron chi connectivity index (χ0n) is 7.79. The molecule has 0 aliphatic rings. The van der Waals surface area contributed by atoms with Crippen molar-refractivity contribution in [1.29, 1.82) is 0 Å². The number of aromatic amines is 2. The van der Waals surface area contributed by atoms with Crippen LogP contribution in [-0.2, 0) is 0 Å². The van der Waals surface area contributed by atoms with Gasteiger partial charge < -0.3 is 10.1 Å². The molecule has 7 nitrogen and oxygen atoms in total. The van der Waals surface area contributed by atoms with E-state index < -0.39 is 11.2 Å². The van der Waals surface area contributed by atoms with Gasteiger partial charge in [0.2, 0.25) is 0 Å². The smallest absolute Gasteiger partial charge is 0.342 e. The maximum atomic E-state index is 11.0. The Bertz CT molecular complexity index is 383. The number of nitrogens with one attached hydrogen (secondary N) is 3. The van der Waals surface area contributed by atoms with E-state index in [1.165, 1.54) is 0 Å². The molecule has 0 bridgehead atoms. The van der Waals surface area contributed by atoms with Gasteiger partial charge in [0.15, 0.2) is 0 Å². The highest BCUT2D eigenvalue weighted by atomic mass is 16.5. The SMILES string of the molecule is CCNCCOc1n[nH]c(=O)[nH]c1=O. The van der Waals surface area contributed by atoms with Gasteiger partial charge in [0.1, 0.15) is 6.61 Å². The summed E-state index contributed by atoms with van der Waals surface area (Å²) in [5, 5.41) is 8.53. The monoisotopic (exact) mass is 200 g/mol. The summed E-state index contributed by atoms with van der Waals surface area (Å²) in [5.41, 5.74) is -1.26.